The summed E-state index contributed by atoms with van der Waals surface area (Å²) in [7, 11) is 1.78. The van der Waals surface area contributed by atoms with E-state index in [2.05, 4.69) is 37.4 Å². The van der Waals surface area contributed by atoms with Gasteiger partial charge in [-0.05, 0) is 61.4 Å². The molecule has 2 aliphatic carbocycles. The SMILES string of the molecule is CCCN[C@H]1[C@H]2CCCCC[C@]1(C)c1cc(OC)ccc1C2. The van der Waals surface area contributed by atoms with E-state index in [0.29, 0.717) is 6.04 Å². The van der Waals surface area contributed by atoms with E-state index in [9.17, 15) is 0 Å². The number of rotatable bonds is 4. The predicted octanol–water partition coefficient (Wildman–Crippen LogP) is 4.46. The van der Waals surface area contributed by atoms with Crippen LogP contribution in [0.2, 0.25) is 0 Å². The van der Waals surface area contributed by atoms with Crippen molar-refractivity contribution in [1.82, 2.24) is 5.32 Å². The number of fused-ring (bicyclic) bond motifs is 4. The van der Waals surface area contributed by atoms with Gasteiger partial charge in [-0.25, -0.2) is 0 Å². The molecule has 3 rings (SSSR count). The first-order valence-corrected chi connectivity index (χ1v) is 9.10. The van der Waals surface area contributed by atoms with E-state index in [1.807, 2.05) is 0 Å². The number of benzene rings is 1. The Balaban J connectivity index is 2.03. The molecule has 0 amide bonds. The molecule has 2 heteroatoms. The van der Waals surface area contributed by atoms with Crippen molar-refractivity contribution < 1.29 is 4.74 Å². The second-order valence-electron chi connectivity index (χ2n) is 7.44. The Bertz CT molecular complexity index is 512. The fourth-order valence-corrected chi connectivity index (χ4v) is 4.81. The maximum atomic E-state index is 5.51. The van der Waals surface area contributed by atoms with Crippen molar-refractivity contribution >= 4 is 0 Å². The standard InChI is InChI=1S/C20H31NO/c1-4-12-21-19-16-8-6-5-7-11-20(19,2)18-14-17(22-3)10-9-15(18)13-16/h9-10,14,16,19,21H,4-8,11-13H2,1-3H3/t16-,19-,20+/m0/s1. The third-order valence-electron chi connectivity index (χ3n) is 5.96. The molecule has 1 N–H and O–H groups in total. The molecule has 0 spiro atoms. The molecule has 1 aromatic carbocycles. The Labute approximate surface area is 135 Å². The lowest BCUT2D eigenvalue weighted by Crippen LogP contribution is -2.55. The van der Waals surface area contributed by atoms with Gasteiger partial charge in [0.25, 0.3) is 0 Å². The summed E-state index contributed by atoms with van der Waals surface area (Å²) < 4.78 is 5.51. The van der Waals surface area contributed by atoms with Crippen molar-refractivity contribution in [2.24, 2.45) is 5.92 Å². The second kappa shape index (κ2) is 6.62. The van der Waals surface area contributed by atoms with E-state index < -0.39 is 0 Å². The van der Waals surface area contributed by atoms with Gasteiger partial charge in [0.2, 0.25) is 0 Å². The quantitative estimate of drug-likeness (QED) is 0.886. The molecular formula is C20H31NO. The molecule has 2 nitrogen and oxygen atoms in total. The van der Waals surface area contributed by atoms with E-state index in [1.54, 1.807) is 18.2 Å². The van der Waals surface area contributed by atoms with Crippen LogP contribution in [0.25, 0.3) is 0 Å². The van der Waals surface area contributed by atoms with Gasteiger partial charge >= 0.3 is 0 Å². The van der Waals surface area contributed by atoms with Crippen LogP contribution in [0.3, 0.4) is 0 Å². The van der Waals surface area contributed by atoms with Crippen LogP contribution in [0.5, 0.6) is 5.75 Å². The summed E-state index contributed by atoms with van der Waals surface area (Å²) in [6.07, 6.45) is 9.26. The molecule has 2 aliphatic rings. The van der Waals surface area contributed by atoms with E-state index in [1.165, 1.54) is 44.9 Å². The Morgan fingerprint density at radius 3 is 2.91 bits per heavy atom. The topological polar surface area (TPSA) is 21.3 Å². The fourth-order valence-electron chi connectivity index (χ4n) is 4.81. The van der Waals surface area contributed by atoms with E-state index in [-0.39, 0.29) is 5.41 Å². The van der Waals surface area contributed by atoms with Gasteiger partial charge in [-0.1, -0.05) is 39.2 Å². The zero-order valence-corrected chi connectivity index (χ0v) is 14.5. The molecule has 0 aromatic heterocycles. The van der Waals surface area contributed by atoms with Crippen LogP contribution in [-0.2, 0) is 11.8 Å². The molecule has 0 aliphatic heterocycles. The monoisotopic (exact) mass is 301 g/mol. The highest BCUT2D eigenvalue weighted by molar-refractivity contribution is 5.44. The normalized spacial score (nSPS) is 31.0. The third kappa shape index (κ3) is 2.78. The highest BCUT2D eigenvalue weighted by Gasteiger charge is 2.45. The van der Waals surface area contributed by atoms with Gasteiger partial charge in [0.05, 0.1) is 7.11 Å². The smallest absolute Gasteiger partial charge is 0.119 e. The van der Waals surface area contributed by atoms with Crippen molar-refractivity contribution in [3.05, 3.63) is 29.3 Å². The Morgan fingerprint density at radius 1 is 1.27 bits per heavy atom. The number of ether oxygens (including phenoxy) is 1. The molecule has 2 bridgehead atoms. The first kappa shape index (κ1) is 15.9. The second-order valence-corrected chi connectivity index (χ2v) is 7.44. The molecule has 22 heavy (non-hydrogen) atoms. The average Bonchev–Trinajstić information content (AvgIpc) is 2.53. The van der Waals surface area contributed by atoms with Gasteiger partial charge in [-0.2, -0.15) is 0 Å². The largest absolute Gasteiger partial charge is 0.497 e. The minimum absolute atomic E-state index is 0.252. The van der Waals surface area contributed by atoms with Crippen molar-refractivity contribution in [3.8, 4) is 5.75 Å². The highest BCUT2D eigenvalue weighted by Crippen LogP contribution is 2.47. The van der Waals surface area contributed by atoms with E-state index >= 15 is 0 Å². The zero-order chi connectivity index (χ0) is 15.6. The van der Waals surface area contributed by atoms with Crippen LogP contribution in [0.15, 0.2) is 18.2 Å². The van der Waals surface area contributed by atoms with E-state index in [4.69, 9.17) is 4.74 Å². The zero-order valence-electron chi connectivity index (χ0n) is 14.5. The Kier molecular flexibility index (Phi) is 4.77. The Hall–Kier alpha value is -1.02. The summed E-state index contributed by atoms with van der Waals surface area (Å²) in [6, 6.07) is 7.39. The van der Waals surface area contributed by atoms with Crippen LogP contribution < -0.4 is 10.1 Å². The predicted molar refractivity (Wildman–Crippen MR) is 92.7 cm³/mol. The highest BCUT2D eigenvalue weighted by atomic mass is 16.5. The summed E-state index contributed by atoms with van der Waals surface area (Å²) in [5.41, 5.74) is 3.35. The average molecular weight is 301 g/mol. The lowest BCUT2D eigenvalue weighted by molar-refractivity contribution is 0.166. The van der Waals surface area contributed by atoms with Crippen LogP contribution in [0, 0.1) is 5.92 Å². The maximum Gasteiger partial charge on any atom is 0.119 e. The van der Waals surface area contributed by atoms with Crippen LogP contribution in [0.1, 0.15) is 63.5 Å². The van der Waals surface area contributed by atoms with Gasteiger partial charge in [0, 0.05) is 11.5 Å². The molecule has 1 saturated carbocycles. The number of hydrogen-bond acceptors (Lipinski definition) is 2. The summed E-state index contributed by atoms with van der Waals surface area (Å²) in [6.45, 7) is 5.90. The first-order chi connectivity index (χ1) is 10.7. The third-order valence-corrected chi connectivity index (χ3v) is 5.96. The summed E-state index contributed by atoms with van der Waals surface area (Å²) in [5.74, 6) is 1.80. The summed E-state index contributed by atoms with van der Waals surface area (Å²) in [5, 5.41) is 3.92. The summed E-state index contributed by atoms with van der Waals surface area (Å²) >= 11 is 0. The van der Waals surface area contributed by atoms with Gasteiger partial charge in [-0.15, -0.1) is 0 Å². The van der Waals surface area contributed by atoms with Crippen molar-refractivity contribution in [2.75, 3.05) is 13.7 Å². The van der Waals surface area contributed by atoms with Crippen molar-refractivity contribution in [1.29, 1.82) is 0 Å². The van der Waals surface area contributed by atoms with Gasteiger partial charge in [-0.3, -0.25) is 0 Å². The fraction of sp³-hybridized carbons (Fsp3) is 0.700. The minimum Gasteiger partial charge on any atom is -0.497 e. The molecule has 1 fully saturated rings. The van der Waals surface area contributed by atoms with Crippen LogP contribution in [0.4, 0.5) is 0 Å². The number of methoxy groups -OCH3 is 1. The van der Waals surface area contributed by atoms with Crippen molar-refractivity contribution in [2.45, 2.75) is 70.3 Å². The lowest BCUT2D eigenvalue weighted by atomic mass is 9.59. The van der Waals surface area contributed by atoms with Gasteiger partial charge in [0.1, 0.15) is 5.75 Å². The number of nitrogens with one attached hydrogen (secondary N) is 1. The molecule has 0 saturated heterocycles. The molecule has 0 radical (unpaired) electrons. The Morgan fingerprint density at radius 2 is 2.14 bits per heavy atom. The molecular weight excluding hydrogens is 270 g/mol. The van der Waals surface area contributed by atoms with Crippen LogP contribution >= 0.6 is 0 Å². The van der Waals surface area contributed by atoms with Gasteiger partial charge < -0.3 is 10.1 Å². The molecule has 0 heterocycles. The summed E-state index contributed by atoms with van der Waals surface area (Å²) in [4.78, 5) is 0. The minimum atomic E-state index is 0.252. The first-order valence-electron chi connectivity index (χ1n) is 9.10. The number of hydrogen-bond donors (Lipinski definition) is 1. The molecule has 3 atom stereocenters. The maximum absolute atomic E-state index is 5.51. The van der Waals surface area contributed by atoms with Crippen molar-refractivity contribution in [3.63, 3.8) is 0 Å². The lowest BCUT2D eigenvalue weighted by Gasteiger charge is -2.49. The van der Waals surface area contributed by atoms with Crippen LogP contribution in [-0.4, -0.2) is 19.7 Å². The molecule has 1 aromatic rings. The molecule has 122 valence electrons. The van der Waals surface area contributed by atoms with Gasteiger partial charge in [0.15, 0.2) is 0 Å². The van der Waals surface area contributed by atoms with E-state index in [0.717, 1.165) is 18.2 Å². The molecule has 0 unspecified atom stereocenters.